The number of nitrogens with zero attached hydrogens (tertiary/aromatic N) is 2. The van der Waals surface area contributed by atoms with Gasteiger partial charge in [-0.25, -0.2) is 0 Å². The minimum Gasteiger partial charge on any atom is -0.500 e. The number of nitro groups is 1. The van der Waals surface area contributed by atoms with Gasteiger partial charge in [-0.15, -0.1) is 0 Å². The van der Waals surface area contributed by atoms with E-state index in [2.05, 4.69) is 5.16 Å². The number of rotatable bonds is 3. The number of hydrogen-bond donors (Lipinski definition) is 2. The van der Waals surface area contributed by atoms with Gasteiger partial charge in [-0.1, -0.05) is 5.16 Å². The molecule has 0 amide bonds. The molecule has 0 aliphatic heterocycles. The smallest absolute Gasteiger partial charge is 0.315 e. The van der Waals surface area contributed by atoms with Crippen LogP contribution in [-0.4, -0.2) is 28.6 Å². The second kappa shape index (κ2) is 4.27. The second-order valence-electron chi connectivity index (χ2n) is 2.59. The van der Waals surface area contributed by atoms with Crippen LogP contribution in [-0.2, 0) is 0 Å². The van der Waals surface area contributed by atoms with Crippen molar-refractivity contribution in [1.82, 2.24) is 0 Å². The zero-order valence-corrected chi connectivity index (χ0v) is 7.75. The zero-order chi connectivity index (χ0) is 11.4. The van der Waals surface area contributed by atoms with E-state index in [1.54, 1.807) is 0 Å². The Labute approximate surface area is 84.4 Å². The highest BCUT2D eigenvalue weighted by Crippen LogP contribution is 2.36. The third kappa shape index (κ3) is 2.13. The SMILES string of the molecule is COc1cc(C=NO)cc([N+](=O)[O-])c1O. The molecule has 0 saturated heterocycles. The van der Waals surface area contributed by atoms with Crippen LogP contribution in [0.15, 0.2) is 17.3 Å². The van der Waals surface area contributed by atoms with Crippen LogP contribution in [0.4, 0.5) is 5.69 Å². The van der Waals surface area contributed by atoms with E-state index in [4.69, 9.17) is 9.94 Å². The minimum absolute atomic E-state index is 0.0564. The molecule has 0 spiro atoms. The first-order valence-corrected chi connectivity index (χ1v) is 3.83. The number of methoxy groups -OCH3 is 1. The molecule has 0 bridgehead atoms. The Morgan fingerprint density at radius 1 is 1.60 bits per heavy atom. The predicted molar refractivity (Wildman–Crippen MR) is 50.7 cm³/mol. The second-order valence-corrected chi connectivity index (χ2v) is 2.59. The Morgan fingerprint density at radius 2 is 2.27 bits per heavy atom. The van der Waals surface area contributed by atoms with Gasteiger partial charge < -0.3 is 15.1 Å². The van der Waals surface area contributed by atoms with E-state index < -0.39 is 16.4 Å². The van der Waals surface area contributed by atoms with Gasteiger partial charge in [-0.2, -0.15) is 0 Å². The maximum atomic E-state index is 10.5. The monoisotopic (exact) mass is 212 g/mol. The van der Waals surface area contributed by atoms with Crippen LogP contribution in [0, 0.1) is 10.1 Å². The van der Waals surface area contributed by atoms with E-state index >= 15 is 0 Å². The Bertz CT molecular complexity index is 416. The number of phenols is 1. The molecule has 0 aliphatic carbocycles. The molecule has 0 aromatic heterocycles. The van der Waals surface area contributed by atoms with E-state index in [1.807, 2.05) is 0 Å². The van der Waals surface area contributed by atoms with Crippen LogP contribution in [0.5, 0.6) is 11.5 Å². The highest BCUT2D eigenvalue weighted by atomic mass is 16.6. The summed E-state index contributed by atoms with van der Waals surface area (Å²) in [5.74, 6) is -0.614. The van der Waals surface area contributed by atoms with Crippen molar-refractivity contribution in [3.05, 3.63) is 27.8 Å². The van der Waals surface area contributed by atoms with Crippen molar-refractivity contribution in [3.63, 3.8) is 0 Å². The highest BCUT2D eigenvalue weighted by molar-refractivity contribution is 5.82. The first-order chi connectivity index (χ1) is 7.10. The van der Waals surface area contributed by atoms with Crippen molar-refractivity contribution < 1.29 is 20.0 Å². The van der Waals surface area contributed by atoms with Gasteiger partial charge >= 0.3 is 5.69 Å². The molecular weight excluding hydrogens is 204 g/mol. The lowest BCUT2D eigenvalue weighted by atomic mass is 10.2. The zero-order valence-electron chi connectivity index (χ0n) is 7.75. The van der Waals surface area contributed by atoms with Gasteiger partial charge in [0, 0.05) is 11.6 Å². The highest BCUT2D eigenvalue weighted by Gasteiger charge is 2.19. The maximum Gasteiger partial charge on any atom is 0.315 e. The number of oxime groups is 1. The minimum atomic E-state index is -0.757. The summed E-state index contributed by atoms with van der Waals surface area (Å²) in [5.41, 5.74) is -0.261. The molecule has 0 unspecified atom stereocenters. The van der Waals surface area contributed by atoms with Crippen molar-refractivity contribution in [3.8, 4) is 11.5 Å². The third-order valence-electron chi connectivity index (χ3n) is 1.70. The molecule has 0 aliphatic rings. The Kier molecular flexibility index (Phi) is 3.06. The third-order valence-corrected chi connectivity index (χ3v) is 1.70. The lowest BCUT2D eigenvalue weighted by Gasteiger charge is -2.04. The van der Waals surface area contributed by atoms with Crippen LogP contribution in [0.2, 0.25) is 0 Å². The summed E-state index contributed by atoms with van der Waals surface area (Å²) >= 11 is 0. The Morgan fingerprint density at radius 3 is 2.73 bits per heavy atom. The number of aromatic hydroxyl groups is 1. The predicted octanol–water partition coefficient (Wildman–Crippen LogP) is 1.12. The topological polar surface area (TPSA) is 105 Å². The molecule has 1 aromatic carbocycles. The van der Waals surface area contributed by atoms with E-state index in [9.17, 15) is 15.2 Å². The number of ether oxygens (including phenoxy) is 1. The van der Waals surface area contributed by atoms with Gasteiger partial charge in [0.2, 0.25) is 5.75 Å². The fraction of sp³-hybridized carbons (Fsp3) is 0.125. The summed E-state index contributed by atoms with van der Waals surface area (Å²) in [6.45, 7) is 0. The first kappa shape index (κ1) is 10.8. The number of phenolic OH excluding ortho intramolecular Hbond substituents is 1. The molecule has 0 saturated carbocycles. The average molecular weight is 212 g/mol. The van der Waals surface area contributed by atoms with Gasteiger partial charge in [0.1, 0.15) is 0 Å². The number of hydrogen-bond acceptors (Lipinski definition) is 6. The Hall–Kier alpha value is -2.31. The number of nitro benzene ring substituents is 1. The molecule has 0 heterocycles. The van der Waals surface area contributed by atoms with Crippen LogP contribution >= 0.6 is 0 Å². The van der Waals surface area contributed by atoms with Gasteiger partial charge in [0.15, 0.2) is 5.75 Å². The standard InChI is InChI=1S/C8H8N2O5/c1-15-7-3-5(4-9-12)2-6(8(7)11)10(13)14/h2-4,11-12H,1H3. The first-order valence-electron chi connectivity index (χ1n) is 3.83. The largest absolute Gasteiger partial charge is 0.500 e. The summed E-state index contributed by atoms with van der Waals surface area (Å²) in [6.07, 6.45) is 0.995. The molecule has 15 heavy (non-hydrogen) atoms. The van der Waals surface area contributed by atoms with E-state index in [0.29, 0.717) is 0 Å². The van der Waals surface area contributed by atoms with E-state index in [0.717, 1.165) is 12.3 Å². The Balaban J connectivity index is 3.38. The molecule has 0 fully saturated rings. The number of benzene rings is 1. The molecule has 2 N–H and O–H groups in total. The lowest BCUT2D eigenvalue weighted by Crippen LogP contribution is -1.94. The summed E-state index contributed by atoms with van der Waals surface area (Å²) in [4.78, 5) is 9.77. The molecule has 0 radical (unpaired) electrons. The molecule has 1 rings (SSSR count). The fourth-order valence-corrected chi connectivity index (χ4v) is 1.05. The average Bonchev–Trinajstić information content (AvgIpc) is 2.20. The molecular formula is C8H8N2O5. The normalized spacial score (nSPS) is 10.5. The van der Waals surface area contributed by atoms with E-state index in [1.165, 1.54) is 13.2 Å². The van der Waals surface area contributed by atoms with E-state index in [-0.39, 0.29) is 11.3 Å². The van der Waals surface area contributed by atoms with Crippen molar-refractivity contribution in [2.75, 3.05) is 7.11 Å². The molecule has 7 heteroatoms. The van der Waals surface area contributed by atoms with Gasteiger partial charge in [-0.05, 0) is 6.07 Å². The molecule has 1 aromatic rings. The van der Waals surface area contributed by atoms with Crippen LogP contribution in [0.3, 0.4) is 0 Å². The lowest BCUT2D eigenvalue weighted by molar-refractivity contribution is -0.386. The van der Waals surface area contributed by atoms with Crippen LogP contribution < -0.4 is 4.74 Å². The summed E-state index contributed by atoms with van der Waals surface area (Å²) in [5, 5.41) is 30.9. The van der Waals surface area contributed by atoms with Crippen molar-refractivity contribution in [2.24, 2.45) is 5.16 Å². The fourth-order valence-electron chi connectivity index (χ4n) is 1.05. The molecule has 7 nitrogen and oxygen atoms in total. The van der Waals surface area contributed by atoms with Gasteiger partial charge in [0.05, 0.1) is 18.2 Å². The van der Waals surface area contributed by atoms with Gasteiger partial charge in [-0.3, -0.25) is 10.1 Å². The van der Waals surface area contributed by atoms with Crippen LogP contribution in [0.1, 0.15) is 5.56 Å². The van der Waals surface area contributed by atoms with Crippen molar-refractivity contribution in [2.45, 2.75) is 0 Å². The van der Waals surface area contributed by atoms with Crippen molar-refractivity contribution >= 4 is 11.9 Å². The molecule has 80 valence electrons. The van der Waals surface area contributed by atoms with Crippen molar-refractivity contribution in [1.29, 1.82) is 0 Å². The summed E-state index contributed by atoms with van der Waals surface area (Å²) in [6, 6.07) is 2.37. The summed E-state index contributed by atoms with van der Waals surface area (Å²) < 4.78 is 4.73. The van der Waals surface area contributed by atoms with Crippen LogP contribution in [0.25, 0.3) is 0 Å². The quantitative estimate of drug-likeness (QED) is 0.338. The maximum absolute atomic E-state index is 10.5. The molecule has 0 atom stereocenters. The van der Waals surface area contributed by atoms with Gasteiger partial charge in [0.25, 0.3) is 0 Å². The summed E-state index contributed by atoms with van der Waals surface area (Å²) in [7, 11) is 1.26.